The van der Waals surface area contributed by atoms with Crippen LogP contribution in [0.2, 0.25) is 0 Å². The third-order valence-corrected chi connectivity index (χ3v) is 5.41. The smallest absolute Gasteiger partial charge is 0.260 e. The summed E-state index contributed by atoms with van der Waals surface area (Å²) in [6, 6.07) is 7.28. The quantitative estimate of drug-likeness (QED) is 0.825. The van der Waals surface area contributed by atoms with Gasteiger partial charge >= 0.3 is 0 Å². The topological polar surface area (TPSA) is 63.7 Å². The molecule has 1 aromatic carbocycles. The SMILES string of the molecule is CCN(C(=O)COc1cccc(C)c1)C1CCS(=O)(=O)C1. The summed E-state index contributed by atoms with van der Waals surface area (Å²) < 4.78 is 28.6. The van der Waals surface area contributed by atoms with Crippen molar-refractivity contribution in [2.75, 3.05) is 24.7 Å². The summed E-state index contributed by atoms with van der Waals surface area (Å²) in [5.74, 6) is 0.719. The molecule has 1 atom stereocenters. The van der Waals surface area contributed by atoms with Gasteiger partial charge in [0, 0.05) is 12.6 Å². The maximum absolute atomic E-state index is 12.2. The molecule has 0 radical (unpaired) electrons. The number of likely N-dealkylation sites (N-methyl/N-ethyl adjacent to an activating group) is 1. The van der Waals surface area contributed by atoms with Gasteiger partial charge in [-0.2, -0.15) is 0 Å². The van der Waals surface area contributed by atoms with Crippen molar-refractivity contribution in [2.24, 2.45) is 0 Å². The first-order valence-electron chi connectivity index (χ1n) is 7.10. The van der Waals surface area contributed by atoms with Gasteiger partial charge in [-0.1, -0.05) is 12.1 Å². The van der Waals surface area contributed by atoms with E-state index in [9.17, 15) is 13.2 Å². The van der Waals surface area contributed by atoms with E-state index in [1.54, 1.807) is 11.0 Å². The molecular formula is C15H21NO4S. The van der Waals surface area contributed by atoms with Crippen LogP contribution in [0.4, 0.5) is 0 Å². The summed E-state index contributed by atoms with van der Waals surface area (Å²) in [6.45, 7) is 4.25. The number of amides is 1. The van der Waals surface area contributed by atoms with Gasteiger partial charge < -0.3 is 9.64 Å². The van der Waals surface area contributed by atoms with Gasteiger partial charge in [-0.3, -0.25) is 4.79 Å². The zero-order valence-electron chi connectivity index (χ0n) is 12.4. The second-order valence-electron chi connectivity index (χ2n) is 5.34. The van der Waals surface area contributed by atoms with Gasteiger partial charge in [-0.15, -0.1) is 0 Å². The highest BCUT2D eigenvalue weighted by Crippen LogP contribution is 2.18. The van der Waals surface area contributed by atoms with E-state index >= 15 is 0 Å². The molecule has 1 amide bonds. The van der Waals surface area contributed by atoms with Gasteiger partial charge in [0.15, 0.2) is 16.4 Å². The Bertz CT molecular complexity index is 612. The fourth-order valence-electron chi connectivity index (χ4n) is 2.59. The lowest BCUT2D eigenvalue weighted by atomic mass is 10.2. The normalized spacial score (nSPS) is 20.2. The standard InChI is InChI=1S/C15H21NO4S/c1-3-16(13-7-8-21(18,19)11-13)15(17)10-20-14-6-4-5-12(2)9-14/h4-6,9,13H,3,7-8,10-11H2,1-2H3. The molecule has 1 unspecified atom stereocenters. The minimum absolute atomic E-state index is 0.0617. The van der Waals surface area contributed by atoms with Crippen LogP contribution in [0.5, 0.6) is 5.75 Å². The van der Waals surface area contributed by atoms with E-state index in [-0.39, 0.29) is 30.1 Å². The van der Waals surface area contributed by atoms with Crippen LogP contribution in [0.1, 0.15) is 18.9 Å². The molecule has 5 nitrogen and oxygen atoms in total. The van der Waals surface area contributed by atoms with Crippen LogP contribution >= 0.6 is 0 Å². The number of nitrogens with zero attached hydrogens (tertiary/aromatic N) is 1. The molecule has 116 valence electrons. The molecule has 0 N–H and O–H groups in total. The average Bonchev–Trinajstić information content (AvgIpc) is 2.77. The molecule has 6 heteroatoms. The third kappa shape index (κ3) is 4.20. The largest absolute Gasteiger partial charge is 0.484 e. The number of carbonyl (C=O) groups is 1. The molecule has 21 heavy (non-hydrogen) atoms. The molecule has 2 rings (SSSR count). The van der Waals surface area contributed by atoms with Gasteiger partial charge in [-0.05, 0) is 38.0 Å². The van der Waals surface area contributed by atoms with Crippen LogP contribution in [0, 0.1) is 6.92 Å². The van der Waals surface area contributed by atoms with Crippen molar-refractivity contribution in [2.45, 2.75) is 26.3 Å². The number of ether oxygens (including phenoxy) is 1. The second kappa shape index (κ2) is 6.47. The number of hydrogen-bond donors (Lipinski definition) is 0. The minimum Gasteiger partial charge on any atom is -0.484 e. The lowest BCUT2D eigenvalue weighted by Crippen LogP contribution is -2.43. The van der Waals surface area contributed by atoms with E-state index in [4.69, 9.17) is 4.74 Å². The Labute approximate surface area is 125 Å². The Hall–Kier alpha value is -1.56. The van der Waals surface area contributed by atoms with Crippen LogP contribution in [0.25, 0.3) is 0 Å². The van der Waals surface area contributed by atoms with Crippen molar-refractivity contribution in [1.29, 1.82) is 0 Å². The first kappa shape index (κ1) is 15.8. The summed E-state index contributed by atoms with van der Waals surface area (Å²) in [4.78, 5) is 13.8. The Balaban J connectivity index is 1.95. The second-order valence-corrected chi connectivity index (χ2v) is 7.57. The maximum atomic E-state index is 12.2. The minimum atomic E-state index is -2.99. The summed E-state index contributed by atoms with van der Waals surface area (Å²) in [5.41, 5.74) is 1.06. The van der Waals surface area contributed by atoms with E-state index in [1.165, 1.54) is 0 Å². The van der Waals surface area contributed by atoms with E-state index in [2.05, 4.69) is 0 Å². The van der Waals surface area contributed by atoms with Gasteiger partial charge in [0.2, 0.25) is 0 Å². The molecule has 1 saturated heterocycles. The van der Waals surface area contributed by atoms with Crippen molar-refractivity contribution < 1.29 is 17.9 Å². The van der Waals surface area contributed by atoms with Crippen LogP contribution in [0.15, 0.2) is 24.3 Å². The molecule has 0 saturated carbocycles. The van der Waals surface area contributed by atoms with Crippen molar-refractivity contribution in [1.82, 2.24) is 4.90 Å². The Kier molecular flexibility index (Phi) is 4.88. The number of aryl methyl sites for hydroxylation is 1. The van der Waals surface area contributed by atoms with Crippen molar-refractivity contribution in [3.8, 4) is 5.75 Å². The zero-order valence-corrected chi connectivity index (χ0v) is 13.2. The van der Waals surface area contributed by atoms with E-state index in [0.29, 0.717) is 18.7 Å². The van der Waals surface area contributed by atoms with Crippen molar-refractivity contribution >= 4 is 15.7 Å². The highest BCUT2D eigenvalue weighted by atomic mass is 32.2. The van der Waals surface area contributed by atoms with Gasteiger partial charge in [0.05, 0.1) is 11.5 Å². The van der Waals surface area contributed by atoms with Gasteiger partial charge in [0.1, 0.15) is 5.75 Å². The Morgan fingerprint density at radius 2 is 2.19 bits per heavy atom. The first-order valence-corrected chi connectivity index (χ1v) is 8.93. The molecule has 1 fully saturated rings. The van der Waals surface area contributed by atoms with E-state index in [1.807, 2.05) is 32.0 Å². The lowest BCUT2D eigenvalue weighted by molar-refractivity contribution is -0.135. The number of carbonyl (C=O) groups excluding carboxylic acids is 1. The molecule has 1 aromatic rings. The molecule has 1 heterocycles. The monoisotopic (exact) mass is 311 g/mol. The Morgan fingerprint density at radius 3 is 2.76 bits per heavy atom. The maximum Gasteiger partial charge on any atom is 0.260 e. The molecule has 0 spiro atoms. The van der Waals surface area contributed by atoms with Crippen LogP contribution in [-0.2, 0) is 14.6 Å². The van der Waals surface area contributed by atoms with Gasteiger partial charge in [-0.25, -0.2) is 8.42 Å². The van der Waals surface area contributed by atoms with E-state index < -0.39 is 9.84 Å². The summed E-state index contributed by atoms with van der Waals surface area (Å²) in [5, 5.41) is 0. The molecule has 1 aliphatic rings. The Morgan fingerprint density at radius 1 is 1.43 bits per heavy atom. The molecule has 0 bridgehead atoms. The van der Waals surface area contributed by atoms with Crippen molar-refractivity contribution in [3.63, 3.8) is 0 Å². The molecule has 0 aliphatic carbocycles. The third-order valence-electron chi connectivity index (χ3n) is 3.66. The number of rotatable bonds is 5. The van der Waals surface area contributed by atoms with E-state index in [0.717, 1.165) is 5.56 Å². The molecule has 1 aliphatic heterocycles. The molecule has 0 aromatic heterocycles. The predicted octanol–water partition coefficient (Wildman–Crippen LogP) is 1.41. The highest BCUT2D eigenvalue weighted by Gasteiger charge is 2.33. The predicted molar refractivity (Wildman–Crippen MR) is 81.1 cm³/mol. The van der Waals surface area contributed by atoms with Crippen molar-refractivity contribution in [3.05, 3.63) is 29.8 Å². The van der Waals surface area contributed by atoms with Crippen LogP contribution < -0.4 is 4.74 Å². The lowest BCUT2D eigenvalue weighted by Gasteiger charge is -2.26. The summed E-state index contributed by atoms with van der Waals surface area (Å²) >= 11 is 0. The highest BCUT2D eigenvalue weighted by molar-refractivity contribution is 7.91. The van der Waals surface area contributed by atoms with Crippen LogP contribution in [0.3, 0.4) is 0 Å². The number of benzene rings is 1. The number of hydrogen-bond acceptors (Lipinski definition) is 4. The first-order chi connectivity index (χ1) is 9.91. The van der Waals surface area contributed by atoms with Gasteiger partial charge in [0.25, 0.3) is 5.91 Å². The summed E-state index contributed by atoms with van der Waals surface area (Å²) in [6.07, 6.45) is 0.520. The fraction of sp³-hybridized carbons (Fsp3) is 0.533. The number of sulfone groups is 1. The molecular weight excluding hydrogens is 290 g/mol. The summed E-state index contributed by atoms with van der Waals surface area (Å²) in [7, 11) is -2.99. The average molecular weight is 311 g/mol. The fourth-order valence-corrected chi connectivity index (χ4v) is 4.32. The van der Waals surface area contributed by atoms with Crippen LogP contribution in [-0.4, -0.2) is 49.9 Å². The zero-order chi connectivity index (χ0) is 15.5.